The van der Waals surface area contributed by atoms with Crippen LogP contribution in [0.2, 0.25) is 0 Å². The number of nitrogens with one attached hydrogen (secondary N) is 1. The molecule has 1 aliphatic rings. The van der Waals surface area contributed by atoms with Crippen LogP contribution in [0, 0.1) is 0 Å². The predicted octanol–water partition coefficient (Wildman–Crippen LogP) is 0.560. The van der Waals surface area contributed by atoms with Crippen LogP contribution in [0.15, 0.2) is 12.3 Å². The van der Waals surface area contributed by atoms with Gasteiger partial charge in [0.05, 0.1) is 11.3 Å². The Morgan fingerprint density at radius 2 is 2.53 bits per heavy atom. The minimum Gasteiger partial charge on any atom is -0.388 e. The number of hydrogen-bond donors (Lipinski definition) is 2. The van der Waals surface area contributed by atoms with Crippen LogP contribution in [0.25, 0.3) is 0 Å². The Hall–Kier alpha value is -0.870. The molecule has 1 unspecified atom stereocenters. The van der Waals surface area contributed by atoms with Crippen LogP contribution >= 0.6 is 0 Å². The smallest absolute Gasteiger partial charge is 0.0827 e. The van der Waals surface area contributed by atoms with Crippen LogP contribution < -0.4 is 5.32 Å². The van der Waals surface area contributed by atoms with Gasteiger partial charge in [-0.15, -0.1) is 0 Å². The summed E-state index contributed by atoms with van der Waals surface area (Å²) >= 11 is 0. The first-order valence-corrected chi connectivity index (χ1v) is 5.67. The number of piperidine rings is 1. The fraction of sp³-hybridized carbons (Fsp3) is 0.727. The van der Waals surface area contributed by atoms with Crippen LogP contribution in [0.1, 0.15) is 25.5 Å². The van der Waals surface area contributed by atoms with E-state index < -0.39 is 5.60 Å². The summed E-state index contributed by atoms with van der Waals surface area (Å²) < 4.78 is 1.90. The van der Waals surface area contributed by atoms with Crippen molar-refractivity contribution in [2.24, 2.45) is 0 Å². The second-order valence-corrected chi connectivity index (χ2v) is 4.34. The third kappa shape index (κ3) is 2.58. The zero-order valence-electron chi connectivity index (χ0n) is 9.24. The lowest BCUT2D eigenvalue weighted by atomic mass is 9.89. The molecule has 1 aromatic heterocycles. The van der Waals surface area contributed by atoms with E-state index in [9.17, 15) is 5.11 Å². The average molecular weight is 209 g/mol. The average Bonchev–Trinajstić information content (AvgIpc) is 2.66. The van der Waals surface area contributed by atoms with E-state index in [4.69, 9.17) is 0 Å². The lowest BCUT2D eigenvalue weighted by molar-refractivity contribution is 0.0160. The molecular weight excluding hydrogens is 190 g/mol. The van der Waals surface area contributed by atoms with E-state index in [0.717, 1.165) is 31.6 Å². The molecule has 2 heterocycles. The van der Waals surface area contributed by atoms with Crippen molar-refractivity contribution in [3.63, 3.8) is 0 Å². The van der Waals surface area contributed by atoms with Gasteiger partial charge in [-0.25, -0.2) is 0 Å². The molecule has 15 heavy (non-hydrogen) atoms. The number of rotatable bonds is 3. The van der Waals surface area contributed by atoms with Crippen LogP contribution in [0.4, 0.5) is 0 Å². The third-order valence-electron chi connectivity index (χ3n) is 2.98. The first kappa shape index (κ1) is 10.6. The highest BCUT2D eigenvalue weighted by molar-refractivity contribution is 5.05. The van der Waals surface area contributed by atoms with E-state index in [-0.39, 0.29) is 0 Å². The van der Waals surface area contributed by atoms with Crippen molar-refractivity contribution in [2.75, 3.05) is 13.1 Å². The first-order chi connectivity index (χ1) is 7.22. The second kappa shape index (κ2) is 4.33. The van der Waals surface area contributed by atoms with Gasteiger partial charge in [-0.3, -0.25) is 4.68 Å². The highest BCUT2D eigenvalue weighted by atomic mass is 16.3. The van der Waals surface area contributed by atoms with Crippen LogP contribution in [0.3, 0.4) is 0 Å². The minimum absolute atomic E-state index is 0.592. The van der Waals surface area contributed by atoms with Gasteiger partial charge in [-0.1, -0.05) is 0 Å². The molecule has 0 amide bonds. The Kier molecular flexibility index (Phi) is 3.07. The molecule has 84 valence electrons. The van der Waals surface area contributed by atoms with Crippen LogP contribution in [-0.2, 0) is 13.0 Å². The number of aliphatic hydroxyl groups is 1. The van der Waals surface area contributed by atoms with Gasteiger partial charge in [0.1, 0.15) is 0 Å². The number of nitrogens with zero attached hydrogens (tertiary/aromatic N) is 2. The van der Waals surface area contributed by atoms with Gasteiger partial charge in [0.2, 0.25) is 0 Å². The fourth-order valence-corrected chi connectivity index (χ4v) is 2.11. The molecule has 2 N–H and O–H groups in total. The second-order valence-electron chi connectivity index (χ2n) is 4.34. The monoisotopic (exact) mass is 209 g/mol. The summed E-state index contributed by atoms with van der Waals surface area (Å²) in [5.74, 6) is 0. The zero-order chi connectivity index (χ0) is 10.7. The fourth-order valence-electron chi connectivity index (χ4n) is 2.11. The van der Waals surface area contributed by atoms with Gasteiger partial charge in [0, 0.05) is 25.7 Å². The van der Waals surface area contributed by atoms with E-state index in [1.165, 1.54) is 0 Å². The quantitative estimate of drug-likeness (QED) is 0.765. The van der Waals surface area contributed by atoms with Crippen LogP contribution in [-0.4, -0.2) is 33.6 Å². The standard InChI is InChI=1S/C11H19N3O/c1-2-14-7-4-10(13-14)8-11(15)5-3-6-12-9-11/h4,7,12,15H,2-3,5-6,8-9H2,1H3. The molecule has 2 rings (SSSR count). The Bertz CT molecular complexity index is 315. The summed E-state index contributed by atoms with van der Waals surface area (Å²) in [7, 11) is 0. The molecule has 1 fully saturated rings. The number of aromatic nitrogens is 2. The van der Waals surface area contributed by atoms with Crippen molar-refractivity contribution in [3.8, 4) is 0 Å². The summed E-state index contributed by atoms with van der Waals surface area (Å²) in [6, 6.07) is 2.00. The van der Waals surface area contributed by atoms with E-state index in [1.54, 1.807) is 0 Å². The molecule has 0 aromatic carbocycles. The molecular formula is C11H19N3O. The van der Waals surface area contributed by atoms with Crippen LogP contribution in [0.5, 0.6) is 0 Å². The highest BCUT2D eigenvalue weighted by Gasteiger charge is 2.29. The predicted molar refractivity (Wildman–Crippen MR) is 58.7 cm³/mol. The van der Waals surface area contributed by atoms with Crippen molar-refractivity contribution >= 4 is 0 Å². The largest absolute Gasteiger partial charge is 0.388 e. The van der Waals surface area contributed by atoms with Crippen molar-refractivity contribution in [2.45, 2.75) is 38.3 Å². The molecule has 1 saturated heterocycles. The van der Waals surface area contributed by atoms with Gasteiger partial charge in [0.15, 0.2) is 0 Å². The zero-order valence-corrected chi connectivity index (χ0v) is 9.24. The summed E-state index contributed by atoms with van der Waals surface area (Å²) in [5, 5.41) is 17.9. The maximum Gasteiger partial charge on any atom is 0.0827 e. The summed E-state index contributed by atoms with van der Waals surface area (Å²) in [4.78, 5) is 0. The van der Waals surface area contributed by atoms with Gasteiger partial charge in [-0.2, -0.15) is 5.10 Å². The molecule has 4 heteroatoms. The van der Waals surface area contributed by atoms with E-state index in [1.807, 2.05) is 16.9 Å². The number of aryl methyl sites for hydroxylation is 1. The first-order valence-electron chi connectivity index (χ1n) is 5.67. The highest BCUT2D eigenvalue weighted by Crippen LogP contribution is 2.20. The normalized spacial score (nSPS) is 26.8. The SMILES string of the molecule is CCn1ccc(CC2(O)CCCNC2)n1. The van der Waals surface area contributed by atoms with E-state index in [0.29, 0.717) is 13.0 Å². The maximum absolute atomic E-state index is 10.3. The van der Waals surface area contributed by atoms with Gasteiger partial charge in [-0.05, 0) is 32.4 Å². The molecule has 0 saturated carbocycles. The van der Waals surface area contributed by atoms with Gasteiger partial charge in [0.25, 0.3) is 0 Å². The summed E-state index contributed by atoms with van der Waals surface area (Å²) in [6.45, 7) is 4.65. The molecule has 4 nitrogen and oxygen atoms in total. The molecule has 0 radical (unpaired) electrons. The lowest BCUT2D eigenvalue weighted by Gasteiger charge is -2.32. The minimum atomic E-state index is -0.592. The molecule has 1 atom stereocenters. The lowest BCUT2D eigenvalue weighted by Crippen LogP contribution is -2.47. The van der Waals surface area contributed by atoms with Crippen molar-refractivity contribution < 1.29 is 5.11 Å². The Morgan fingerprint density at radius 3 is 3.13 bits per heavy atom. The molecule has 1 aliphatic heterocycles. The van der Waals surface area contributed by atoms with Crippen molar-refractivity contribution in [1.82, 2.24) is 15.1 Å². The Morgan fingerprint density at radius 1 is 1.67 bits per heavy atom. The Balaban J connectivity index is 2.00. The number of β-amino-alcohol motifs (C(OH)–C–C–N with tert-alkyl or cyclic N) is 1. The van der Waals surface area contributed by atoms with Gasteiger partial charge < -0.3 is 10.4 Å². The summed E-state index contributed by atoms with van der Waals surface area (Å²) in [6.07, 6.45) is 4.55. The third-order valence-corrected chi connectivity index (χ3v) is 2.98. The molecule has 0 spiro atoms. The van der Waals surface area contributed by atoms with Crippen molar-refractivity contribution in [1.29, 1.82) is 0 Å². The topological polar surface area (TPSA) is 50.1 Å². The Labute approximate surface area is 90.3 Å². The van der Waals surface area contributed by atoms with Crippen molar-refractivity contribution in [3.05, 3.63) is 18.0 Å². The van der Waals surface area contributed by atoms with E-state index in [2.05, 4.69) is 17.3 Å². The summed E-state index contributed by atoms with van der Waals surface area (Å²) in [5.41, 5.74) is 0.397. The maximum atomic E-state index is 10.3. The molecule has 0 aliphatic carbocycles. The van der Waals surface area contributed by atoms with E-state index >= 15 is 0 Å². The van der Waals surface area contributed by atoms with Gasteiger partial charge >= 0.3 is 0 Å². The molecule has 1 aromatic rings. The molecule has 0 bridgehead atoms. The number of hydrogen-bond acceptors (Lipinski definition) is 3.